The first-order valence-electron chi connectivity index (χ1n) is 6.02. The van der Waals surface area contributed by atoms with Gasteiger partial charge in [0.15, 0.2) is 5.82 Å². The van der Waals surface area contributed by atoms with Gasteiger partial charge in [0.1, 0.15) is 6.33 Å². The first kappa shape index (κ1) is 14.4. The van der Waals surface area contributed by atoms with Gasteiger partial charge in [-0.3, -0.25) is 10.1 Å². The fourth-order valence-corrected chi connectivity index (χ4v) is 1.93. The number of hydrogen-bond donors (Lipinski definition) is 2. The summed E-state index contributed by atoms with van der Waals surface area (Å²) in [4.78, 5) is 21.3. The highest BCUT2D eigenvalue weighted by molar-refractivity contribution is 5.95. The van der Waals surface area contributed by atoms with E-state index < -0.39 is 10.9 Å². The highest BCUT2D eigenvalue weighted by Gasteiger charge is 2.19. The van der Waals surface area contributed by atoms with Crippen LogP contribution in [0.5, 0.6) is 0 Å². The van der Waals surface area contributed by atoms with E-state index in [1.165, 1.54) is 18.5 Å². The minimum atomic E-state index is -1.24. The van der Waals surface area contributed by atoms with E-state index in [4.69, 9.17) is 0 Å². The molecule has 1 aromatic carbocycles. The Morgan fingerprint density at radius 1 is 1.52 bits per heavy atom. The van der Waals surface area contributed by atoms with Crippen molar-refractivity contribution in [3.63, 3.8) is 0 Å². The summed E-state index contributed by atoms with van der Waals surface area (Å²) in [6.07, 6.45) is 1.53. The van der Waals surface area contributed by atoms with Gasteiger partial charge in [0, 0.05) is 24.9 Å². The number of nitro groups is 1. The summed E-state index contributed by atoms with van der Waals surface area (Å²) < 4.78 is 1.70. The number of rotatable bonds is 5. The van der Waals surface area contributed by atoms with Crippen molar-refractivity contribution in [2.24, 2.45) is 7.05 Å². The zero-order chi connectivity index (χ0) is 15.6. The molecule has 2 aromatic rings. The molecule has 0 radical (unpaired) electrons. The number of benzene rings is 1. The fraction of sp³-hybridized carbons (Fsp3) is 0.250. The number of hydrogen-bond acceptors (Lipinski definition) is 6. The summed E-state index contributed by atoms with van der Waals surface area (Å²) in [6, 6.07) is 3.33. The van der Waals surface area contributed by atoms with Gasteiger partial charge in [0.05, 0.1) is 16.5 Å². The number of anilines is 1. The van der Waals surface area contributed by atoms with Crippen LogP contribution in [-0.2, 0) is 7.05 Å². The van der Waals surface area contributed by atoms with Gasteiger partial charge < -0.3 is 15.0 Å². The van der Waals surface area contributed by atoms with E-state index in [-0.39, 0.29) is 23.0 Å². The quantitative estimate of drug-likeness (QED) is 0.633. The van der Waals surface area contributed by atoms with Crippen molar-refractivity contribution < 1.29 is 14.8 Å². The van der Waals surface area contributed by atoms with Gasteiger partial charge in [-0.05, 0) is 13.0 Å². The molecule has 0 fully saturated rings. The first-order valence-corrected chi connectivity index (χ1v) is 6.02. The van der Waals surface area contributed by atoms with Crippen LogP contribution in [0.3, 0.4) is 0 Å². The summed E-state index contributed by atoms with van der Waals surface area (Å²) >= 11 is 0. The van der Waals surface area contributed by atoms with Crippen molar-refractivity contribution >= 4 is 17.3 Å². The number of aromatic carboxylic acids is 1. The molecule has 0 aliphatic rings. The van der Waals surface area contributed by atoms with E-state index in [2.05, 4.69) is 15.5 Å². The van der Waals surface area contributed by atoms with Crippen LogP contribution in [0.15, 0.2) is 24.5 Å². The number of nitrogens with zero attached hydrogens (tertiary/aromatic N) is 4. The largest absolute Gasteiger partial charge is 0.478 e. The lowest BCUT2D eigenvalue weighted by Crippen LogP contribution is -2.14. The van der Waals surface area contributed by atoms with E-state index in [0.717, 1.165) is 6.07 Å². The third kappa shape index (κ3) is 2.96. The number of carboxylic acids is 1. The van der Waals surface area contributed by atoms with Gasteiger partial charge in [-0.2, -0.15) is 0 Å². The predicted octanol–water partition coefficient (Wildman–Crippen LogP) is 1.59. The molecule has 0 aliphatic heterocycles. The average molecular weight is 291 g/mol. The van der Waals surface area contributed by atoms with Gasteiger partial charge in [-0.1, -0.05) is 0 Å². The number of nitrogens with one attached hydrogen (secondary N) is 1. The van der Waals surface area contributed by atoms with E-state index >= 15 is 0 Å². The molecule has 1 unspecified atom stereocenters. The third-order valence-corrected chi connectivity index (χ3v) is 2.95. The molecule has 21 heavy (non-hydrogen) atoms. The van der Waals surface area contributed by atoms with E-state index in [1.54, 1.807) is 18.5 Å². The fourth-order valence-electron chi connectivity index (χ4n) is 1.93. The maximum atomic E-state index is 11.2. The number of nitro benzene ring substituents is 1. The Kier molecular flexibility index (Phi) is 3.83. The Morgan fingerprint density at radius 3 is 2.76 bits per heavy atom. The summed E-state index contributed by atoms with van der Waals surface area (Å²) in [6.45, 7) is 1.79. The maximum absolute atomic E-state index is 11.2. The summed E-state index contributed by atoms with van der Waals surface area (Å²) in [5.41, 5.74) is -0.161. The first-order chi connectivity index (χ1) is 9.90. The van der Waals surface area contributed by atoms with Gasteiger partial charge in [-0.15, -0.1) is 10.2 Å². The Bertz CT molecular complexity index is 697. The second-order valence-corrected chi connectivity index (χ2v) is 4.46. The molecular formula is C12H13N5O4. The average Bonchev–Trinajstić information content (AvgIpc) is 2.85. The molecule has 0 aliphatic carbocycles. The van der Waals surface area contributed by atoms with Crippen molar-refractivity contribution in [1.82, 2.24) is 14.8 Å². The molecule has 2 rings (SSSR count). The third-order valence-electron chi connectivity index (χ3n) is 2.95. The van der Waals surface area contributed by atoms with E-state index in [9.17, 15) is 20.0 Å². The van der Waals surface area contributed by atoms with Crippen molar-refractivity contribution in [3.8, 4) is 0 Å². The molecule has 0 saturated heterocycles. The molecule has 1 heterocycles. The van der Waals surface area contributed by atoms with Crippen LogP contribution in [0.25, 0.3) is 0 Å². The van der Waals surface area contributed by atoms with Crippen molar-refractivity contribution in [3.05, 3.63) is 46.0 Å². The zero-order valence-corrected chi connectivity index (χ0v) is 11.3. The minimum absolute atomic E-state index is 0.168. The Hall–Kier alpha value is -2.97. The van der Waals surface area contributed by atoms with Gasteiger partial charge >= 0.3 is 5.97 Å². The molecule has 110 valence electrons. The van der Waals surface area contributed by atoms with Crippen LogP contribution in [0.2, 0.25) is 0 Å². The van der Waals surface area contributed by atoms with Crippen LogP contribution >= 0.6 is 0 Å². The summed E-state index contributed by atoms with van der Waals surface area (Å²) in [7, 11) is 1.77. The molecule has 2 N–H and O–H groups in total. The zero-order valence-electron chi connectivity index (χ0n) is 11.3. The SMILES string of the molecule is CC(Nc1ccc([N+](=O)[O-])cc1C(=O)O)c1nncn1C. The lowest BCUT2D eigenvalue weighted by atomic mass is 10.1. The molecule has 1 aromatic heterocycles. The van der Waals surface area contributed by atoms with Crippen molar-refractivity contribution in [2.75, 3.05) is 5.32 Å². The predicted molar refractivity (Wildman–Crippen MR) is 73.1 cm³/mol. The van der Waals surface area contributed by atoms with Crippen LogP contribution in [0, 0.1) is 10.1 Å². The topological polar surface area (TPSA) is 123 Å². The molecule has 0 saturated carbocycles. The van der Waals surface area contributed by atoms with Crippen LogP contribution < -0.4 is 5.32 Å². The lowest BCUT2D eigenvalue weighted by molar-refractivity contribution is -0.384. The Labute approximate surface area is 119 Å². The molecule has 0 bridgehead atoms. The van der Waals surface area contributed by atoms with E-state index in [1.807, 2.05) is 0 Å². The number of aryl methyl sites for hydroxylation is 1. The second-order valence-electron chi connectivity index (χ2n) is 4.46. The number of non-ortho nitro benzene ring substituents is 1. The monoisotopic (exact) mass is 291 g/mol. The molecule has 0 spiro atoms. The number of aromatic nitrogens is 3. The summed E-state index contributed by atoms with van der Waals surface area (Å²) in [5.74, 6) is -0.629. The number of carboxylic acid groups (broad SMARTS) is 1. The van der Waals surface area contributed by atoms with Gasteiger partial charge in [-0.25, -0.2) is 4.79 Å². The molecule has 9 heteroatoms. The Balaban J connectivity index is 2.33. The molecule has 1 atom stereocenters. The molecule has 9 nitrogen and oxygen atoms in total. The minimum Gasteiger partial charge on any atom is -0.478 e. The highest BCUT2D eigenvalue weighted by Crippen LogP contribution is 2.25. The summed E-state index contributed by atoms with van der Waals surface area (Å²) in [5, 5.41) is 30.5. The smallest absolute Gasteiger partial charge is 0.338 e. The van der Waals surface area contributed by atoms with Crippen molar-refractivity contribution in [2.45, 2.75) is 13.0 Å². The van der Waals surface area contributed by atoms with Crippen LogP contribution in [0.1, 0.15) is 29.1 Å². The normalized spacial score (nSPS) is 11.9. The molecular weight excluding hydrogens is 278 g/mol. The Morgan fingerprint density at radius 2 is 2.24 bits per heavy atom. The molecule has 0 amide bonds. The van der Waals surface area contributed by atoms with E-state index in [0.29, 0.717) is 5.82 Å². The maximum Gasteiger partial charge on any atom is 0.338 e. The highest BCUT2D eigenvalue weighted by atomic mass is 16.6. The van der Waals surface area contributed by atoms with Gasteiger partial charge in [0.25, 0.3) is 5.69 Å². The number of carbonyl (C=O) groups is 1. The van der Waals surface area contributed by atoms with Crippen molar-refractivity contribution in [1.29, 1.82) is 0 Å². The van der Waals surface area contributed by atoms with Crippen LogP contribution in [-0.4, -0.2) is 30.8 Å². The van der Waals surface area contributed by atoms with Gasteiger partial charge in [0.2, 0.25) is 0 Å². The lowest BCUT2D eigenvalue weighted by Gasteiger charge is -2.15. The standard InChI is InChI=1S/C12H13N5O4/c1-7(11-15-13-6-16(11)2)14-10-4-3-8(17(20)21)5-9(10)12(18)19/h3-7,14H,1-2H3,(H,18,19). The second kappa shape index (κ2) is 5.57. The van der Waals surface area contributed by atoms with Crippen LogP contribution in [0.4, 0.5) is 11.4 Å².